The first-order valence-electron chi connectivity index (χ1n) is 7.06. The first kappa shape index (κ1) is 26.2. The molecule has 0 saturated carbocycles. The second kappa shape index (κ2) is 20.2. The van der Waals surface area contributed by atoms with Crippen molar-refractivity contribution in [3.05, 3.63) is 12.7 Å². The summed E-state index contributed by atoms with van der Waals surface area (Å²) in [5.41, 5.74) is 4.78. The van der Waals surface area contributed by atoms with E-state index >= 15 is 0 Å². The molecule has 0 aliphatic rings. The number of rotatable bonds is 9. The first-order valence-corrected chi connectivity index (χ1v) is 8.59. The highest BCUT2D eigenvalue weighted by Crippen LogP contribution is 2.35. The second-order valence-corrected chi connectivity index (χ2v) is 5.09. The minimum absolute atomic E-state index is 0.0593. The summed E-state index contributed by atoms with van der Waals surface area (Å²) in [5.74, 6) is -0.0593. The molecule has 0 heterocycles. The van der Waals surface area contributed by atoms with Gasteiger partial charge in [0, 0.05) is 13.0 Å². The number of carbonyl (C=O) groups excluding carboxylic acids is 1. The number of aliphatic hydroxyl groups is 1. The Kier molecular flexibility index (Phi) is 24.1. The molecule has 0 atom stereocenters. The van der Waals surface area contributed by atoms with Gasteiger partial charge in [-0.05, 0) is 13.3 Å². The first-order chi connectivity index (χ1) is 10.3. The molecule has 0 aromatic heterocycles. The van der Waals surface area contributed by atoms with Crippen LogP contribution in [0, 0.1) is 0 Å². The maximum Gasteiger partial charge on any atom is 0.469 e. The van der Waals surface area contributed by atoms with E-state index < -0.39 is 7.82 Å². The van der Waals surface area contributed by atoms with Gasteiger partial charge < -0.3 is 25.4 Å². The lowest BCUT2D eigenvalue weighted by Crippen LogP contribution is -2.02. The molecule has 8 nitrogen and oxygen atoms in total. The quantitative estimate of drug-likeness (QED) is 0.213. The summed E-state index contributed by atoms with van der Waals surface area (Å²) in [6.07, 6.45) is 5.09. The van der Waals surface area contributed by atoms with Gasteiger partial charge in [0.15, 0.2) is 0 Å². The van der Waals surface area contributed by atoms with Gasteiger partial charge >= 0.3 is 13.8 Å². The van der Waals surface area contributed by atoms with Gasteiger partial charge in [-0.3, -0.25) is 9.32 Å². The van der Waals surface area contributed by atoms with Crippen molar-refractivity contribution in [1.29, 1.82) is 0 Å². The van der Waals surface area contributed by atoms with Crippen LogP contribution in [0.2, 0.25) is 0 Å². The van der Waals surface area contributed by atoms with E-state index in [0.717, 1.165) is 19.3 Å². The third-order valence-electron chi connectivity index (χ3n) is 1.78. The van der Waals surface area contributed by atoms with Gasteiger partial charge in [0.1, 0.15) is 0 Å². The minimum Gasteiger partial charge on any atom is -0.466 e. The highest BCUT2D eigenvalue weighted by atomic mass is 31.2. The zero-order chi connectivity index (χ0) is 17.9. The number of hydrogen-bond donors (Lipinski definition) is 4. The monoisotopic (exact) mass is 343 g/mol. The van der Waals surface area contributed by atoms with E-state index in [9.17, 15) is 9.36 Å². The zero-order valence-electron chi connectivity index (χ0n) is 13.4. The van der Waals surface area contributed by atoms with E-state index in [1.807, 2.05) is 6.92 Å². The molecule has 0 aromatic rings. The third kappa shape index (κ3) is 36.5. The van der Waals surface area contributed by atoms with Crippen LogP contribution in [0.3, 0.4) is 0 Å². The van der Waals surface area contributed by atoms with Gasteiger partial charge in [0.2, 0.25) is 0 Å². The summed E-state index contributed by atoms with van der Waals surface area (Å²) in [6.45, 7) is 8.00. The van der Waals surface area contributed by atoms with Crippen LogP contribution in [0.15, 0.2) is 12.7 Å². The Morgan fingerprint density at radius 1 is 1.32 bits per heavy atom. The summed E-state index contributed by atoms with van der Waals surface area (Å²) in [4.78, 5) is 26.7. The molecule has 0 aliphatic carbocycles. The van der Waals surface area contributed by atoms with Crippen molar-refractivity contribution in [3.8, 4) is 0 Å². The molecule has 0 unspecified atom stereocenters. The van der Waals surface area contributed by atoms with Crippen LogP contribution in [0.25, 0.3) is 0 Å². The summed E-state index contributed by atoms with van der Waals surface area (Å²) < 4.78 is 18.5. The van der Waals surface area contributed by atoms with Gasteiger partial charge in [-0.15, -0.1) is 6.58 Å². The predicted molar refractivity (Wildman–Crippen MR) is 85.1 cm³/mol. The Labute approximate surface area is 132 Å². The minimum atomic E-state index is -4.25. The van der Waals surface area contributed by atoms with Crippen molar-refractivity contribution in [2.24, 2.45) is 5.73 Å². The van der Waals surface area contributed by atoms with Crippen LogP contribution < -0.4 is 5.73 Å². The molecular weight excluding hydrogens is 313 g/mol. The van der Waals surface area contributed by atoms with Crippen molar-refractivity contribution in [1.82, 2.24) is 0 Å². The fourth-order valence-corrected chi connectivity index (χ4v) is 1.20. The van der Waals surface area contributed by atoms with Crippen molar-refractivity contribution < 1.29 is 33.5 Å². The van der Waals surface area contributed by atoms with Crippen molar-refractivity contribution in [2.75, 3.05) is 26.4 Å². The molecule has 134 valence electrons. The molecule has 0 aliphatic heterocycles. The fourth-order valence-electron chi connectivity index (χ4n) is 0.902. The molecule has 0 fully saturated rings. The van der Waals surface area contributed by atoms with Crippen LogP contribution >= 0.6 is 7.82 Å². The fraction of sp³-hybridized carbons (Fsp3) is 0.769. The maximum atomic E-state index is 10.7. The summed E-state index contributed by atoms with van der Waals surface area (Å²) in [5, 5.41) is 7.75. The Hall–Kier alpha value is -0.760. The molecule has 5 N–H and O–H groups in total. The lowest BCUT2D eigenvalue weighted by molar-refractivity contribution is -0.143. The van der Waals surface area contributed by atoms with Crippen molar-refractivity contribution in [3.63, 3.8) is 0 Å². The number of nitrogens with two attached hydrogens (primary N) is 1. The molecule has 0 amide bonds. The number of aliphatic hydroxyl groups excluding tert-OH is 1. The Balaban J connectivity index is -0.000000269. The Morgan fingerprint density at radius 2 is 1.86 bits per heavy atom. The summed E-state index contributed by atoms with van der Waals surface area (Å²) >= 11 is 0. The number of hydrogen-bond acceptors (Lipinski definition) is 6. The van der Waals surface area contributed by atoms with Crippen LogP contribution in [-0.4, -0.2) is 47.2 Å². The molecule has 0 saturated heterocycles. The van der Waals surface area contributed by atoms with Gasteiger partial charge in [0.05, 0.1) is 19.8 Å². The summed E-state index contributed by atoms with van der Waals surface area (Å²) in [7, 11) is -4.25. The Bertz CT molecular complexity index is 292. The van der Waals surface area contributed by atoms with Gasteiger partial charge in [-0.25, -0.2) is 4.57 Å². The molecule has 0 radical (unpaired) electrons. The second-order valence-electron chi connectivity index (χ2n) is 3.85. The van der Waals surface area contributed by atoms with Crippen LogP contribution in [-0.2, 0) is 18.6 Å². The molecule has 0 spiro atoms. The Morgan fingerprint density at radius 3 is 2.14 bits per heavy atom. The van der Waals surface area contributed by atoms with Gasteiger partial charge in [0.25, 0.3) is 0 Å². The molecule has 0 rings (SSSR count). The van der Waals surface area contributed by atoms with Gasteiger partial charge in [-0.1, -0.05) is 25.8 Å². The van der Waals surface area contributed by atoms with Crippen LogP contribution in [0.5, 0.6) is 0 Å². The van der Waals surface area contributed by atoms with E-state index in [4.69, 9.17) is 25.4 Å². The smallest absolute Gasteiger partial charge is 0.466 e. The number of unbranched alkanes of at least 4 members (excludes halogenated alkanes) is 2. The SMILES string of the molecule is C=CCOP(=O)(O)O.CCCCCC(=O)OCC.NCCO. The van der Waals surface area contributed by atoms with Crippen LogP contribution in [0.1, 0.15) is 39.5 Å². The molecule has 22 heavy (non-hydrogen) atoms. The molecule has 0 bridgehead atoms. The highest BCUT2D eigenvalue weighted by Gasteiger charge is 2.10. The lowest BCUT2D eigenvalue weighted by atomic mass is 10.2. The van der Waals surface area contributed by atoms with E-state index in [2.05, 4.69) is 18.0 Å². The lowest BCUT2D eigenvalue weighted by Gasteiger charge is -1.99. The highest BCUT2D eigenvalue weighted by molar-refractivity contribution is 7.46. The van der Waals surface area contributed by atoms with Gasteiger partial charge in [-0.2, -0.15) is 0 Å². The van der Waals surface area contributed by atoms with E-state index in [1.54, 1.807) is 0 Å². The van der Waals surface area contributed by atoms with Crippen molar-refractivity contribution in [2.45, 2.75) is 39.5 Å². The predicted octanol–water partition coefficient (Wildman–Crippen LogP) is 1.35. The number of ether oxygens (including phenoxy) is 1. The number of esters is 1. The van der Waals surface area contributed by atoms with E-state index in [-0.39, 0.29) is 19.2 Å². The number of phosphoric acid groups is 1. The topological polar surface area (TPSA) is 139 Å². The molecule has 0 aromatic carbocycles. The number of phosphoric ester groups is 1. The van der Waals surface area contributed by atoms with E-state index in [0.29, 0.717) is 19.6 Å². The zero-order valence-corrected chi connectivity index (χ0v) is 14.3. The molecular formula is C13H30NO7P. The third-order valence-corrected chi connectivity index (χ3v) is 2.26. The number of carbonyl (C=O) groups is 1. The normalized spacial score (nSPS) is 9.73. The summed E-state index contributed by atoms with van der Waals surface area (Å²) in [6, 6.07) is 0. The largest absolute Gasteiger partial charge is 0.469 e. The average Bonchev–Trinajstić information content (AvgIpc) is 2.46. The van der Waals surface area contributed by atoms with E-state index in [1.165, 1.54) is 6.08 Å². The average molecular weight is 343 g/mol. The molecule has 9 heteroatoms. The standard InChI is InChI=1S/C8H16O2.C3H7O4P.C2H7NO/c1-3-5-6-7-8(9)10-4-2;1-2-3-7-8(4,5)6;3-1-2-4/h3-7H2,1-2H3;2H,1,3H2,(H2,4,5,6);4H,1-3H2. The van der Waals surface area contributed by atoms with Crippen molar-refractivity contribution >= 4 is 13.8 Å². The van der Waals surface area contributed by atoms with Crippen LogP contribution in [0.4, 0.5) is 0 Å². The maximum absolute atomic E-state index is 10.7.